The van der Waals surface area contributed by atoms with Crippen molar-refractivity contribution in [1.82, 2.24) is 0 Å². The van der Waals surface area contributed by atoms with Crippen molar-refractivity contribution in [2.45, 2.75) is 56.8 Å². The maximum absolute atomic E-state index is 12.7. The zero-order valence-corrected chi connectivity index (χ0v) is 20.4. The second kappa shape index (κ2) is 13.0. The summed E-state index contributed by atoms with van der Waals surface area (Å²) in [4.78, 5) is 25.1. The quantitative estimate of drug-likeness (QED) is 0.210. The van der Waals surface area contributed by atoms with Crippen molar-refractivity contribution in [3.8, 4) is 5.75 Å². The Bertz CT molecular complexity index is 986. The zero-order valence-electron chi connectivity index (χ0n) is 20.4. The van der Waals surface area contributed by atoms with Crippen molar-refractivity contribution < 1.29 is 58.8 Å². The van der Waals surface area contributed by atoms with Crippen LogP contribution in [0, 0.1) is 5.92 Å². The number of aromatic hydroxyl groups is 1. The highest BCUT2D eigenvalue weighted by Crippen LogP contribution is 2.36. The summed E-state index contributed by atoms with van der Waals surface area (Å²) in [6, 6.07) is 6.47. The van der Waals surface area contributed by atoms with Crippen LogP contribution in [0.4, 0.5) is 0 Å². The number of phenols is 1. The fourth-order valence-electron chi connectivity index (χ4n) is 4.10. The topological polar surface area (TPSA) is 181 Å². The van der Waals surface area contributed by atoms with Crippen LogP contribution in [0.5, 0.6) is 5.75 Å². The molecular formula is C25H32O12. The van der Waals surface area contributed by atoms with Crippen LogP contribution in [0.1, 0.15) is 18.9 Å². The zero-order chi connectivity index (χ0) is 27.1. The van der Waals surface area contributed by atoms with Gasteiger partial charge in [-0.1, -0.05) is 18.2 Å². The molecule has 204 valence electrons. The molecule has 0 unspecified atom stereocenters. The molecule has 1 aromatic carbocycles. The predicted octanol–water partition coefficient (Wildman–Crippen LogP) is -0.340. The number of carbonyl (C=O) groups is 2. The third kappa shape index (κ3) is 6.86. The largest absolute Gasteiger partial charge is 0.508 e. The third-order valence-corrected chi connectivity index (χ3v) is 6.19. The molecule has 2 heterocycles. The van der Waals surface area contributed by atoms with E-state index in [1.54, 1.807) is 25.1 Å². The van der Waals surface area contributed by atoms with E-state index in [1.807, 2.05) is 0 Å². The first-order valence-corrected chi connectivity index (χ1v) is 11.7. The molecule has 0 bridgehead atoms. The Hall–Kier alpha value is -3.00. The highest BCUT2D eigenvalue weighted by molar-refractivity contribution is 5.90. The molecule has 0 aromatic heterocycles. The van der Waals surface area contributed by atoms with E-state index in [0.717, 1.165) is 11.8 Å². The summed E-state index contributed by atoms with van der Waals surface area (Å²) in [6.45, 7) is 1.06. The summed E-state index contributed by atoms with van der Waals surface area (Å²) < 4.78 is 26.8. The molecule has 2 aliphatic heterocycles. The van der Waals surface area contributed by atoms with Gasteiger partial charge in [0.2, 0.25) is 6.29 Å². The van der Waals surface area contributed by atoms with Gasteiger partial charge in [0.25, 0.3) is 0 Å². The summed E-state index contributed by atoms with van der Waals surface area (Å²) in [7, 11) is 1.18. The summed E-state index contributed by atoms with van der Waals surface area (Å²) in [5, 5.41) is 49.1. The van der Waals surface area contributed by atoms with Gasteiger partial charge >= 0.3 is 11.9 Å². The van der Waals surface area contributed by atoms with Gasteiger partial charge in [0, 0.05) is 17.9 Å². The highest BCUT2D eigenvalue weighted by Gasteiger charge is 2.46. The van der Waals surface area contributed by atoms with E-state index < -0.39 is 61.5 Å². The van der Waals surface area contributed by atoms with Crippen LogP contribution in [0.25, 0.3) is 0 Å². The van der Waals surface area contributed by atoms with Gasteiger partial charge in [-0.05, 0) is 24.6 Å². The lowest BCUT2D eigenvalue weighted by Gasteiger charge is -2.41. The monoisotopic (exact) mass is 524 g/mol. The molecule has 7 atom stereocenters. The van der Waals surface area contributed by atoms with Crippen LogP contribution < -0.4 is 0 Å². The molecule has 1 aromatic rings. The van der Waals surface area contributed by atoms with Gasteiger partial charge in [-0.25, -0.2) is 4.79 Å². The molecule has 0 saturated carbocycles. The number of methoxy groups -OCH3 is 1. The van der Waals surface area contributed by atoms with Crippen molar-refractivity contribution in [3.63, 3.8) is 0 Å². The second-order valence-electron chi connectivity index (χ2n) is 8.55. The molecular weight excluding hydrogens is 492 g/mol. The molecule has 0 amide bonds. The minimum Gasteiger partial charge on any atom is -0.508 e. The van der Waals surface area contributed by atoms with Crippen molar-refractivity contribution in [1.29, 1.82) is 0 Å². The Balaban J connectivity index is 1.71. The molecule has 1 fully saturated rings. The van der Waals surface area contributed by atoms with Gasteiger partial charge in [-0.15, -0.1) is 0 Å². The number of hydrogen-bond acceptors (Lipinski definition) is 12. The smallest absolute Gasteiger partial charge is 0.337 e. The highest BCUT2D eigenvalue weighted by atomic mass is 16.8. The van der Waals surface area contributed by atoms with Crippen LogP contribution in [0.15, 0.2) is 47.7 Å². The molecule has 37 heavy (non-hydrogen) atoms. The van der Waals surface area contributed by atoms with Gasteiger partial charge in [0.1, 0.15) is 30.2 Å². The number of phenolic OH excluding ortho intramolecular Hbond substituents is 1. The van der Waals surface area contributed by atoms with Crippen molar-refractivity contribution in [2.24, 2.45) is 5.92 Å². The number of benzene rings is 1. The Morgan fingerprint density at radius 2 is 1.78 bits per heavy atom. The Morgan fingerprint density at radius 3 is 2.41 bits per heavy atom. The Morgan fingerprint density at radius 1 is 1.08 bits per heavy atom. The molecule has 3 rings (SSSR count). The summed E-state index contributed by atoms with van der Waals surface area (Å²) in [5.41, 5.74) is 1.23. The standard InChI is InChI=1S/C25H32O12/c1-3-15-16(10-19(28)34-9-8-13-4-6-14(27)7-5-13)17(23(32)33-2)12-35-24(15)37-25-22(31)21(30)20(29)18(11-26)36-25/h3-7,12,16,18,20-22,24-27,29-31H,8-11H2,1-2H3/b15-3+/t16-,18+,20+,21-,22+,24-,25-/m0/s1. The number of allylic oxidation sites excluding steroid dienone is 1. The van der Waals surface area contributed by atoms with Gasteiger partial charge in [0.05, 0.1) is 38.6 Å². The van der Waals surface area contributed by atoms with E-state index in [4.69, 9.17) is 23.7 Å². The summed E-state index contributed by atoms with van der Waals surface area (Å²) >= 11 is 0. The Kier molecular flexibility index (Phi) is 10.0. The van der Waals surface area contributed by atoms with E-state index in [9.17, 15) is 35.1 Å². The molecule has 1 saturated heterocycles. The van der Waals surface area contributed by atoms with E-state index in [2.05, 4.69) is 0 Å². The first-order valence-electron chi connectivity index (χ1n) is 11.7. The molecule has 0 aliphatic carbocycles. The first-order chi connectivity index (χ1) is 17.7. The van der Waals surface area contributed by atoms with Crippen molar-refractivity contribution in [3.05, 3.63) is 53.3 Å². The number of aliphatic hydroxyl groups excluding tert-OH is 4. The van der Waals surface area contributed by atoms with E-state index in [1.165, 1.54) is 19.2 Å². The van der Waals surface area contributed by atoms with Gasteiger partial charge in [-0.3, -0.25) is 4.79 Å². The number of hydrogen-bond donors (Lipinski definition) is 5. The lowest BCUT2D eigenvalue weighted by Crippen LogP contribution is -2.60. The van der Waals surface area contributed by atoms with E-state index >= 15 is 0 Å². The summed E-state index contributed by atoms with van der Waals surface area (Å²) in [6.07, 6.45) is -6.02. The molecule has 0 radical (unpaired) electrons. The molecule has 2 aliphatic rings. The van der Waals surface area contributed by atoms with Crippen LogP contribution in [-0.4, -0.2) is 94.8 Å². The van der Waals surface area contributed by atoms with Crippen molar-refractivity contribution in [2.75, 3.05) is 20.3 Å². The van der Waals surface area contributed by atoms with Crippen molar-refractivity contribution >= 4 is 11.9 Å². The van der Waals surface area contributed by atoms with Gasteiger partial charge in [0.15, 0.2) is 6.29 Å². The molecule has 12 heteroatoms. The van der Waals surface area contributed by atoms with Crippen LogP contribution >= 0.6 is 0 Å². The Labute approximate surface area is 213 Å². The maximum Gasteiger partial charge on any atom is 0.337 e. The number of ether oxygens (including phenoxy) is 5. The maximum atomic E-state index is 12.7. The fraction of sp³-hybridized carbons (Fsp3) is 0.520. The average Bonchev–Trinajstić information content (AvgIpc) is 2.89. The minimum absolute atomic E-state index is 0.0414. The molecule has 12 nitrogen and oxygen atoms in total. The SMILES string of the molecule is C/C=C1/[C@H](O[C@@H]2O[C@H](CO)[C@@H](O)[C@H](O)[C@H]2O)OC=C(C(=O)OC)[C@H]1CC(=O)OCCc1ccc(O)cc1. The van der Waals surface area contributed by atoms with Gasteiger partial charge < -0.3 is 49.2 Å². The first kappa shape index (κ1) is 28.6. The van der Waals surface area contributed by atoms with Crippen LogP contribution in [0.3, 0.4) is 0 Å². The van der Waals surface area contributed by atoms with Crippen LogP contribution in [-0.2, 0) is 39.7 Å². The lowest BCUT2D eigenvalue weighted by atomic mass is 9.86. The van der Waals surface area contributed by atoms with E-state index in [0.29, 0.717) is 12.0 Å². The predicted molar refractivity (Wildman–Crippen MR) is 124 cm³/mol. The number of carbonyl (C=O) groups excluding carboxylic acids is 2. The summed E-state index contributed by atoms with van der Waals surface area (Å²) in [5.74, 6) is -2.07. The molecule has 5 N–H and O–H groups in total. The molecule has 0 spiro atoms. The third-order valence-electron chi connectivity index (χ3n) is 6.19. The van der Waals surface area contributed by atoms with Crippen LogP contribution in [0.2, 0.25) is 0 Å². The second-order valence-corrected chi connectivity index (χ2v) is 8.55. The van der Waals surface area contributed by atoms with E-state index in [-0.39, 0.29) is 24.4 Å². The average molecular weight is 525 g/mol. The van der Waals surface area contributed by atoms with Gasteiger partial charge in [-0.2, -0.15) is 0 Å². The minimum atomic E-state index is -1.67. The number of esters is 2. The number of rotatable bonds is 9. The normalized spacial score (nSPS) is 30.8. The number of aliphatic hydroxyl groups is 4. The lowest BCUT2D eigenvalue weighted by molar-refractivity contribution is -0.327. The fourth-order valence-corrected chi connectivity index (χ4v) is 4.10.